The number of benzene rings is 2. The Balaban J connectivity index is 1.36. The van der Waals surface area contributed by atoms with Crippen molar-refractivity contribution in [3.8, 4) is 0 Å². The second-order valence-corrected chi connectivity index (χ2v) is 9.66. The minimum atomic E-state index is -0.601. The highest BCUT2D eigenvalue weighted by Gasteiger charge is 2.41. The van der Waals surface area contributed by atoms with Gasteiger partial charge in [0.1, 0.15) is 0 Å². The van der Waals surface area contributed by atoms with Crippen molar-refractivity contribution in [2.24, 2.45) is 0 Å². The molecule has 4 rings (SSSR count). The summed E-state index contributed by atoms with van der Waals surface area (Å²) in [6, 6.07) is 15.4. The van der Waals surface area contributed by atoms with E-state index in [1.165, 1.54) is 27.8 Å². The first-order chi connectivity index (χ1) is 15.0. The third-order valence-corrected chi connectivity index (χ3v) is 6.99. The summed E-state index contributed by atoms with van der Waals surface area (Å²) in [5.74, 6) is 1.34. The molecule has 2 unspecified atom stereocenters. The minimum absolute atomic E-state index is 0.109. The first-order valence-corrected chi connectivity index (χ1v) is 12.1. The lowest BCUT2D eigenvalue weighted by Crippen LogP contribution is -2.37. The molecule has 4 nitrogen and oxygen atoms in total. The van der Waals surface area contributed by atoms with Crippen LogP contribution in [0.4, 0.5) is 0 Å². The van der Waals surface area contributed by atoms with E-state index in [1.807, 2.05) is 24.3 Å². The van der Waals surface area contributed by atoms with Gasteiger partial charge >= 0.3 is 0 Å². The number of thioether (sulfide) groups is 1. The van der Waals surface area contributed by atoms with Crippen LogP contribution in [0.15, 0.2) is 61.2 Å². The van der Waals surface area contributed by atoms with Gasteiger partial charge in [0.2, 0.25) is 0 Å². The molecule has 0 saturated carbocycles. The summed E-state index contributed by atoms with van der Waals surface area (Å²) in [5.41, 5.74) is 6.68. The molecule has 0 aliphatic carbocycles. The zero-order valence-electron chi connectivity index (χ0n) is 18.7. The molecule has 1 fully saturated rings. The number of rotatable bonds is 9. The lowest BCUT2D eigenvalue weighted by Gasteiger charge is -2.28. The van der Waals surface area contributed by atoms with Crippen molar-refractivity contribution < 1.29 is 9.47 Å². The Bertz CT molecular complexity index is 972. The van der Waals surface area contributed by atoms with Gasteiger partial charge < -0.3 is 14.0 Å². The van der Waals surface area contributed by atoms with Crippen LogP contribution in [0.5, 0.6) is 0 Å². The smallest absolute Gasteiger partial charge is 0.187 e. The highest BCUT2D eigenvalue weighted by molar-refractivity contribution is 7.98. The predicted molar refractivity (Wildman–Crippen MR) is 127 cm³/mol. The van der Waals surface area contributed by atoms with E-state index in [0.29, 0.717) is 13.2 Å². The van der Waals surface area contributed by atoms with Crippen molar-refractivity contribution in [2.45, 2.75) is 57.8 Å². The average molecular weight is 437 g/mol. The summed E-state index contributed by atoms with van der Waals surface area (Å²) in [4.78, 5) is 4.19. The number of imidazole rings is 1. The van der Waals surface area contributed by atoms with Crippen LogP contribution in [0.2, 0.25) is 0 Å². The minimum Gasteiger partial charge on any atom is -0.345 e. The lowest BCUT2D eigenvalue weighted by atomic mass is 10.0. The molecule has 2 atom stereocenters. The monoisotopic (exact) mass is 436 g/mol. The lowest BCUT2D eigenvalue weighted by molar-refractivity contribution is -0.180. The fourth-order valence-corrected chi connectivity index (χ4v) is 5.14. The van der Waals surface area contributed by atoms with Crippen LogP contribution in [0.3, 0.4) is 0 Å². The molecule has 1 aliphatic rings. The van der Waals surface area contributed by atoms with E-state index in [-0.39, 0.29) is 6.10 Å². The van der Waals surface area contributed by atoms with Gasteiger partial charge in [0.15, 0.2) is 5.79 Å². The van der Waals surface area contributed by atoms with Crippen molar-refractivity contribution in [3.63, 3.8) is 0 Å². The van der Waals surface area contributed by atoms with Crippen LogP contribution in [0.25, 0.3) is 0 Å². The van der Waals surface area contributed by atoms with E-state index in [9.17, 15) is 0 Å². The molecule has 0 N–H and O–H groups in total. The molecule has 1 aliphatic heterocycles. The molecule has 31 heavy (non-hydrogen) atoms. The van der Waals surface area contributed by atoms with Crippen LogP contribution in [0, 0.1) is 20.8 Å². The van der Waals surface area contributed by atoms with E-state index < -0.39 is 5.79 Å². The quantitative estimate of drug-likeness (QED) is 0.445. The molecular formula is C26H32N2O2S. The van der Waals surface area contributed by atoms with Gasteiger partial charge in [0, 0.05) is 30.3 Å². The van der Waals surface area contributed by atoms with Gasteiger partial charge in [-0.15, -0.1) is 0 Å². The first kappa shape index (κ1) is 22.1. The Labute approximate surface area is 190 Å². The molecule has 3 aromatic rings. The van der Waals surface area contributed by atoms with Crippen LogP contribution < -0.4 is 0 Å². The van der Waals surface area contributed by atoms with Crippen molar-refractivity contribution in [2.75, 3.05) is 12.4 Å². The number of aromatic nitrogens is 2. The predicted octanol–water partition coefficient (Wildman–Crippen LogP) is 5.49. The van der Waals surface area contributed by atoms with E-state index in [0.717, 1.165) is 24.3 Å². The summed E-state index contributed by atoms with van der Waals surface area (Å²) < 4.78 is 14.9. The maximum atomic E-state index is 6.56. The highest BCUT2D eigenvalue weighted by Crippen LogP contribution is 2.32. The second kappa shape index (κ2) is 10.0. The maximum absolute atomic E-state index is 6.56. The van der Waals surface area contributed by atoms with Crippen molar-refractivity contribution in [1.82, 2.24) is 9.55 Å². The van der Waals surface area contributed by atoms with Gasteiger partial charge in [-0.1, -0.05) is 53.6 Å². The molecule has 1 saturated heterocycles. The topological polar surface area (TPSA) is 36.3 Å². The van der Waals surface area contributed by atoms with Gasteiger partial charge in [-0.3, -0.25) is 0 Å². The number of ether oxygens (including phenoxy) is 2. The number of hydrogen-bond acceptors (Lipinski definition) is 4. The van der Waals surface area contributed by atoms with Crippen molar-refractivity contribution >= 4 is 11.8 Å². The summed E-state index contributed by atoms with van der Waals surface area (Å²) >= 11 is 1.92. The third kappa shape index (κ3) is 6.00. The molecular weight excluding hydrogens is 404 g/mol. The Morgan fingerprint density at radius 2 is 1.90 bits per heavy atom. The molecule has 1 aromatic heterocycles. The van der Waals surface area contributed by atoms with Crippen LogP contribution in [-0.2, 0) is 28.2 Å². The number of aryl methyl sites for hydroxylation is 4. The Kier molecular flexibility index (Phi) is 7.16. The molecule has 0 radical (unpaired) electrons. The number of hydrogen-bond donors (Lipinski definition) is 0. The fraction of sp³-hybridized carbons (Fsp3) is 0.423. The van der Waals surface area contributed by atoms with Crippen LogP contribution in [0.1, 0.15) is 34.2 Å². The largest absolute Gasteiger partial charge is 0.345 e. The average Bonchev–Trinajstić information content (AvgIpc) is 3.40. The summed E-state index contributed by atoms with van der Waals surface area (Å²) in [6.45, 7) is 7.76. The SMILES string of the molecule is Cc1ccc(CCC2(Cn3ccnc3)OCC(CSCc3ccc(C)cc3C)O2)cc1. The summed E-state index contributed by atoms with van der Waals surface area (Å²) in [7, 11) is 0. The summed E-state index contributed by atoms with van der Waals surface area (Å²) in [5, 5.41) is 0. The van der Waals surface area contributed by atoms with E-state index >= 15 is 0 Å². The van der Waals surface area contributed by atoms with Gasteiger partial charge in [0.25, 0.3) is 0 Å². The van der Waals surface area contributed by atoms with Gasteiger partial charge in [0.05, 0.1) is 25.6 Å². The summed E-state index contributed by atoms with van der Waals surface area (Å²) in [6.07, 6.45) is 7.48. The van der Waals surface area contributed by atoms with Gasteiger partial charge in [-0.05, 0) is 43.9 Å². The van der Waals surface area contributed by atoms with Crippen LogP contribution in [-0.4, -0.2) is 33.8 Å². The Hall–Kier alpha value is -2.08. The molecule has 0 bridgehead atoms. The van der Waals surface area contributed by atoms with Gasteiger partial charge in [-0.2, -0.15) is 11.8 Å². The zero-order chi connectivity index (χ0) is 21.7. The molecule has 0 amide bonds. The normalized spacial score (nSPS) is 20.9. The number of nitrogens with zero attached hydrogens (tertiary/aromatic N) is 2. The third-order valence-electron chi connectivity index (χ3n) is 5.87. The van der Waals surface area contributed by atoms with Crippen molar-refractivity contribution in [1.29, 1.82) is 0 Å². The standard InChI is InChI=1S/C26H32N2O2S/c1-20-4-7-23(8-5-20)10-11-26(18-28-13-12-27-19-28)29-15-25(30-26)17-31-16-24-9-6-21(2)14-22(24)3/h4-9,12-14,19,25H,10-11,15-18H2,1-3H3. The molecule has 0 spiro atoms. The molecule has 5 heteroatoms. The van der Waals surface area contributed by atoms with Crippen LogP contribution >= 0.6 is 11.8 Å². The molecule has 164 valence electrons. The fourth-order valence-electron chi connectivity index (χ4n) is 4.05. The Morgan fingerprint density at radius 1 is 1.10 bits per heavy atom. The Morgan fingerprint density at radius 3 is 2.65 bits per heavy atom. The maximum Gasteiger partial charge on any atom is 0.187 e. The van der Waals surface area contributed by atoms with Crippen molar-refractivity contribution in [3.05, 3.63) is 89.0 Å². The van der Waals surface area contributed by atoms with E-state index in [4.69, 9.17) is 9.47 Å². The van der Waals surface area contributed by atoms with Gasteiger partial charge in [-0.25, -0.2) is 4.98 Å². The van der Waals surface area contributed by atoms with E-state index in [1.54, 1.807) is 6.20 Å². The highest BCUT2D eigenvalue weighted by atomic mass is 32.2. The molecule has 2 aromatic carbocycles. The first-order valence-electron chi connectivity index (χ1n) is 11.0. The second-order valence-electron chi connectivity index (χ2n) is 8.63. The van der Waals surface area contributed by atoms with E-state index in [2.05, 4.69) is 72.8 Å². The zero-order valence-corrected chi connectivity index (χ0v) is 19.5. The molecule has 2 heterocycles.